The molecule has 0 bridgehead atoms. The summed E-state index contributed by atoms with van der Waals surface area (Å²) in [6.07, 6.45) is -4.76. The van der Waals surface area contributed by atoms with Crippen molar-refractivity contribution < 1.29 is 36.4 Å². The van der Waals surface area contributed by atoms with Crippen molar-refractivity contribution in [2.75, 3.05) is 0 Å². The fourth-order valence-corrected chi connectivity index (χ4v) is 3.03. The first-order valence-electron chi connectivity index (χ1n) is 8.56. The predicted octanol–water partition coefficient (Wildman–Crippen LogP) is 5.61. The maximum Gasteiger partial charge on any atom is 0.434 e. The van der Waals surface area contributed by atoms with Crippen LogP contribution < -0.4 is 5.73 Å². The number of benzene rings is 2. The molecule has 0 fully saturated rings. The summed E-state index contributed by atoms with van der Waals surface area (Å²) in [7, 11) is 0. The number of halogens is 6. The molecule has 3 N–H and O–H groups in total. The Morgan fingerprint density at radius 1 is 1.19 bits per heavy atom. The molecule has 1 heterocycles. The van der Waals surface area contributed by atoms with Crippen molar-refractivity contribution in [2.45, 2.75) is 6.18 Å². The van der Waals surface area contributed by atoms with Gasteiger partial charge in [-0.1, -0.05) is 28.9 Å². The number of carboxylic acid groups (broad SMARTS) is 1. The lowest BCUT2D eigenvalue weighted by molar-refractivity contribution is -0.0572. The van der Waals surface area contributed by atoms with Crippen LogP contribution in [0.15, 0.2) is 58.2 Å². The summed E-state index contributed by atoms with van der Waals surface area (Å²) in [6.45, 7) is 0. The van der Waals surface area contributed by atoms with Gasteiger partial charge in [0.05, 0.1) is 21.8 Å². The van der Waals surface area contributed by atoms with Crippen LogP contribution in [-0.2, 0) is 0 Å². The van der Waals surface area contributed by atoms with E-state index in [0.29, 0.717) is 6.20 Å². The third kappa shape index (κ3) is 4.47. The Kier molecular flexibility index (Phi) is 6.30. The van der Waals surface area contributed by atoms with Gasteiger partial charge >= 0.3 is 12.1 Å². The quantitative estimate of drug-likeness (QED) is 0.372. The molecule has 32 heavy (non-hydrogen) atoms. The van der Waals surface area contributed by atoms with Gasteiger partial charge in [0.2, 0.25) is 0 Å². The zero-order chi connectivity index (χ0) is 23.6. The Bertz CT molecular complexity index is 1230. The summed E-state index contributed by atoms with van der Waals surface area (Å²) in [5, 5.41) is 12.8. The van der Waals surface area contributed by atoms with Crippen molar-refractivity contribution in [3.8, 4) is 11.3 Å². The minimum atomic E-state index is -5.17. The van der Waals surface area contributed by atoms with E-state index in [1.54, 1.807) is 0 Å². The average Bonchev–Trinajstić information content (AvgIpc) is 3.12. The van der Waals surface area contributed by atoms with Crippen LogP contribution in [0.4, 0.5) is 27.6 Å². The van der Waals surface area contributed by atoms with Gasteiger partial charge in [-0.05, 0) is 30.3 Å². The number of nitrogens with zero attached hydrogens (tertiary/aromatic N) is 2. The van der Waals surface area contributed by atoms with Crippen LogP contribution in [0, 0.1) is 11.6 Å². The van der Waals surface area contributed by atoms with E-state index in [-0.39, 0.29) is 5.02 Å². The zero-order valence-electron chi connectivity index (χ0n) is 15.6. The number of aliphatic imine (C=N–C) groups is 1. The van der Waals surface area contributed by atoms with E-state index < -0.39 is 63.3 Å². The molecule has 0 radical (unpaired) electrons. The van der Waals surface area contributed by atoms with Gasteiger partial charge < -0.3 is 15.4 Å². The van der Waals surface area contributed by atoms with E-state index in [4.69, 9.17) is 21.9 Å². The van der Waals surface area contributed by atoms with Crippen LogP contribution in [0.5, 0.6) is 0 Å². The molecule has 0 unspecified atom stereocenters. The van der Waals surface area contributed by atoms with Gasteiger partial charge in [-0.15, -0.1) is 0 Å². The largest absolute Gasteiger partial charge is 0.477 e. The van der Waals surface area contributed by atoms with Gasteiger partial charge in [-0.3, -0.25) is 0 Å². The lowest BCUT2D eigenvalue weighted by atomic mass is 9.99. The summed E-state index contributed by atoms with van der Waals surface area (Å²) in [4.78, 5) is 15.3. The highest BCUT2D eigenvalue weighted by Crippen LogP contribution is 2.38. The number of nitrogens with two attached hydrogens (primary N) is 1. The molecular weight excluding hydrogens is 461 g/mol. The summed E-state index contributed by atoms with van der Waals surface area (Å²) < 4.78 is 74.0. The second-order valence-corrected chi connectivity index (χ2v) is 6.56. The highest BCUT2D eigenvalue weighted by molar-refractivity contribution is 6.33. The number of carbonyl (C=O) groups is 1. The standard InChI is InChI=1S/C20H11ClF5N3O3/c21-12-5-2-6-13(23)14(12)16-15(19(30)31)17(32-29-16)11(8-27)18(20(24,25)26)28-10-4-1-3-9(22)7-10/h1-8H,27H2,(H,30,31). The molecule has 0 atom stereocenters. The number of carboxylic acids is 1. The van der Waals surface area contributed by atoms with Gasteiger partial charge in [0.1, 0.15) is 22.9 Å². The van der Waals surface area contributed by atoms with E-state index in [9.17, 15) is 31.9 Å². The van der Waals surface area contributed by atoms with Crippen LogP contribution in [0.1, 0.15) is 16.1 Å². The monoisotopic (exact) mass is 471 g/mol. The van der Waals surface area contributed by atoms with E-state index in [2.05, 4.69) is 10.1 Å². The van der Waals surface area contributed by atoms with Gasteiger partial charge in [0, 0.05) is 6.20 Å². The molecule has 0 saturated carbocycles. The number of hydrogen-bond acceptors (Lipinski definition) is 5. The first-order valence-corrected chi connectivity index (χ1v) is 8.93. The van der Waals surface area contributed by atoms with Gasteiger partial charge in [0.15, 0.2) is 11.5 Å². The third-order valence-electron chi connectivity index (χ3n) is 4.09. The van der Waals surface area contributed by atoms with E-state index >= 15 is 0 Å². The number of allylic oxidation sites excluding steroid dienone is 1. The molecule has 0 spiro atoms. The smallest absolute Gasteiger partial charge is 0.434 e. The minimum Gasteiger partial charge on any atom is -0.477 e. The fourth-order valence-electron chi connectivity index (χ4n) is 2.78. The Morgan fingerprint density at radius 2 is 1.88 bits per heavy atom. The number of aromatic carboxylic acids is 1. The molecule has 166 valence electrons. The minimum absolute atomic E-state index is 0.255. The summed E-state index contributed by atoms with van der Waals surface area (Å²) in [6, 6.07) is 7.36. The highest BCUT2D eigenvalue weighted by atomic mass is 35.5. The Hall–Kier alpha value is -3.73. The van der Waals surface area contributed by atoms with E-state index in [1.807, 2.05) is 0 Å². The molecule has 0 saturated heterocycles. The van der Waals surface area contributed by atoms with Gasteiger partial charge in [-0.25, -0.2) is 18.6 Å². The van der Waals surface area contributed by atoms with Crippen molar-refractivity contribution >= 4 is 34.5 Å². The van der Waals surface area contributed by atoms with Crippen LogP contribution in [-0.4, -0.2) is 28.1 Å². The second kappa shape index (κ2) is 8.79. The third-order valence-corrected chi connectivity index (χ3v) is 4.40. The lowest BCUT2D eigenvalue weighted by Gasteiger charge is -2.13. The predicted molar refractivity (Wildman–Crippen MR) is 106 cm³/mol. The van der Waals surface area contributed by atoms with Crippen molar-refractivity contribution in [1.29, 1.82) is 0 Å². The molecule has 1 aromatic heterocycles. The fraction of sp³-hybridized carbons (Fsp3) is 0.0500. The maximum absolute atomic E-state index is 14.3. The number of alkyl halides is 3. The Morgan fingerprint density at radius 3 is 2.44 bits per heavy atom. The van der Waals surface area contributed by atoms with Crippen LogP contribution in [0.2, 0.25) is 5.02 Å². The average molecular weight is 472 g/mol. The summed E-state index contributed by atoms with van der Waals surface area (Å²) in [5.41, 5.74) is 0.177. The highest BCUT2D eigenvalue weighted by Gasteiger charge is 2.42. The molecule has 6 nitrogen and oxygen atoms in total. The zero-order valence-corrected chi connectivity index (χ0v) is 16.4. The molecule has 0 aliphatic rings. The molecule has 3 aromatic rings. The Balaban J connectivity index is 2.27. The molecule has 0 aliphatic carbocycles. The van der Waals surface area contributed by atoms with Crippen molar-refractivity contribution in [1.82, 2.24) is 5.16 Å². The van der Waals surface area contributed by atoms with Crippen molar-refractivity contribution in [3.63, 3.8) is 0 Å². The van der Waals surface area contributed by atoms with Crippen LogP contribution >= 0.6 is 11.6 Å². The van der Waals surface area contributed by atoms with E-state index in [0.717, 1.165) is 30.3 Å². The van der Waals surface area contributed by atoms with Crippen molar-refractivity contribution in [2.24, 2.45) is 10.7 Å². The first-order chi connectivity index (χ1) is 15.0. The SMILES string of the molecule is NC=C(C(=Nc1cccc(F)c1)C(F)(F)F)c1onc(-c2c(F)cccc2Cl)c1C(=O)O. The summed E-state index contributed by atoms with van der Waals surface area (Å²) >= 11 is 5.93. The lowest BCUT2D eigenvalue weighted by Crippen LogP contribution is -2.25. The normalized spacial score (nSPS) is 12.8. The molecule has 0 amide bonds. The van der Waals surface area contributed by atoms with Gasteiger partial charge in [-0.2, -0.15) is 13.2 Å². The second-order valence-electron chi connectivity index (χ2n) is 6.16. The van der Waals surface area contributed by atoms with Gasteiger partial charge in [0.25, 0.3) is 0 Å². The first kappa shape index (κ1) is 22.9. The topological polar surface area (TPSA) is 102 Å². The molecule has 12 heteroatoms. The van der Waals surface area contributed by atoms with Crippen molar-refractivity contribution in [3.05, 3.63) is 76.6 Å². The molecule has 0 aliphatic heterocycles. The number of hydrogen-bond donors (Lipinski definition) is 2. The van der Waals surface area contributed by atoms with Crippen LogP contribution in [0.25, 0.3) is 16.8 Å². The molecule has 2 aromatic carbocycles. The summed E-state index contributed by atoms with van der Waals surface area (Å²) in [5.74, 6) is -4.57. The van der Waals surface area contributed by atoms with Crippen LogP contribution in [0.3, 0.4) is 0 Å². The molecular formula is C20H11ClF5N3O3. The Labute approximate surface area is 181 Å². The van der Waals surface area contributed by atoms with E-state index in [1.165, 1.54) is 12.1 Å². The molecule has 3 rings (SSSR count). The maximum atomic E-state index is 14.3. The number of aromatic nitrogens is 1. The number of rotatable bonds is 5.